The fourth-order valence-corrected chi connectivity index (χ4v) is 3.44. The summed E-state index contributed by atoms with van der Waals surface area (Å²) in [7, 11) is -3.51. The normalized spacial score (nSPS) is 11.7. The van der Waals surface area contributed by atoms with Gasteiger partial charge in [0.1, 0.15) is 0 Å². The van der Waals surface area contributed by atoms with Crippen molar-refractivity contribution in [1.82, 2.24) is 4.98 Å². The van der Waals surface area contributed by atoms with Crippen molar-refractivity contribution in [2.45, 2.75) is 16.7 Å². The quantitative estimate of drug-likeness (QED) is 0.724. The molecule has 0 radical (unpaired) electrons. The molecule has 3 rings (SSSR count). The molecule has 3 nitrogen and oxygen atoms in total. The number of sulfone groups is 1. The lowest BCUT2D eigenvalue weighted by Crippen LogP contribution is -2.02. The highest BCUT2D eigenvalue weighted by Gasteiger charge is 2.18. The van der Waals surface area contributed by atoms with Crippen molar-refractivity contribution in [3.63, 3.8) is 0 Å². The molecule has 3 aromatic rings. The Bertz CT molecular complexity index is 871. The molecule has 4 heteroatoms. The summed E-state index contributed by atoms with van der Waals surface area (Å²) >= 11 is 0. The van der Waals surface area contributed by atoms with Crippen LogP contribution in [0.2, 0.25) is 0 Å². The number of fused-ring (bicyclic) bond motifs is 1. The van der Waals surface area contributed by atoms with Crippen molar-refractivity contribution in [3.05, 3.63) is 66.4 Å². The van der Waals surface area contributed by atoms with Gasteiger partial charge in [-0.15, -0.1) is 0 Å². The summed E-state index contributed by atoms with van der Waals surface area (Å²) in [6.07, 6.45) is 1.43. The van der Waals surface area contributed by atoms with Gasteiger partial charge in [-0.1, -0.05) is 36.4 Å². The van der Waals surface area contributed by atoms with Crippen LogP contribution in [0.3, 0.4) is 0 Å². The molecule has 0 bridgehead atoms. The standard InChI is InChI=1S/C16H13NO2S/c1-12-6-5-7-13-10-15(11-17-16(12)13)20(18,19)14-8-3-2-4-9-14/h2-11H,1H3. The predicted molar refractivity (Wildman–Crippen MR) is 78.4 cm³/mol. The van der Waals surface area contributed by atoms with E-state index in [9.17, 15) is 8.42 Å². The number of benzene rings is 2. The zero-order valence-corrected chi connectivity index (χ0v) is 11.8. The number of nitrogens with zero attached hydrogens (tertiary/aromatic N) is 1. The third-order valence-electron chi connectivity index (χ3n) is 3.25. The molecule has 0 fully saturated rings. The van der Waals surface area contributed by atoms with Gasteiger partial charge in [0, 0.05) is 11.6 Å². The average Bonchev–Trinajstić information content (AvgIpc) is 2.48. The monoisotopic (exact) mass is 283 g/mol. The molecule has 0 atom stereocenters. The van der Waals surface area contributed by atoms with E-state index < -0.39 is 9.84 Å². The van der Waals surface area contributed by atoms with Gasteiger partial charge in [0.2, 0.25) is 9.84 Å². The maximum absolute atomic E-state index is 12.5. The van der Waals surface area contributed by atoms with Gasteiger partial charge in [0.15, 0.2) is 0 Å². The number of pyridine rings is 1. The Balaban J connectivity index is 2.21. The largest absolute Gasteiger partial charge is 0.255 e. The summed E-state index contributed by atoms with van der Waals surface area (Å²) < 4.78 is 25.0. The van der Waals surface area contributed by atoms with Gasteiger partial charge in [0.05, 0.1) is 15.3 Å². The molecule has 1 heterocycles. The molecule has 100 valence electrons. The Labute approximate surface area is 117 Å². The van der Waals surface area contributed by atoms with Crippen LogP contribution in [0, 0.1) is 6.92 Å². The van der Waals surface area contributed by atoms with Crippen LogP contribution in [0.4, 0.5) is 0 Å². The molecular formula is C16H13NO2S. The zero-order chi connectivity index (χ0) is 14.2. The zero-order valence-electron chi connectivity index (χ0n) is 10.9. The van der Waals surface area contributed by atoms with Crippen LogP contribution >= 0.6 is 0 Å². The van der Waals surface area contributed by atoms with E-state index in [0.29, 0.717) is 0 Å². The summed E-state index contributed by atoms with van der Waals surface area (Å²) in [5.74, 6) is 0. The highest BCUT2D eigenvalue weighted by atomic mass is 32.2. The van der Waals surface area contributed by atoms with E-state index >= 15 is 0 Å². The number of aryl methyl sites for hydroxylation is 1. The molecule has 0 aliphatic carbocycles. The molecule has 0 N–H and O–H groups in total. The predicted octanol–water partition coefficient (Wildman–Crippen LogP) is 3.38. The second-order valence-corrected chi connectivity index (χ2v) is 6.58. The molecule has 0 saturated heterocycles. The molecule has 0 saturated carbocycles. The minimum atomic E-state index is -3.51. The van der Waals surface area contributed by atoms with Crippen LogP contribution in [-0.2, 0) is 9.84 Å². The maximum Gasteiger partial charge on any atom is 0.208 e. The summed E-state index contributed by atoms with van der Waals surface area (Å²) in [5.41, 5.74) is 1.87. The Morgan fingerprint density at radius 2 is 1.65 bits per heavy atom. The minimum Gasteiger partial charge on any atom is -0.255 e. The lowest BCUT2D eigenvalue weighted by atomic mass is 10.1. The molecule has 0 unspecified atom stereocenters. The van der Waals surface area contributed by atoms with E-state index in [2.05, 4.69) is 4.98 Å². The highest BCUT2D eigenvalue weighted by molar-refractivity contribution is 7.91. The van der Waals surface area contributed by atoms with Crippen molar-refractivity contribution >= 4 is 20.7 Å². The van der Waals surface area contributed by atoms with Crippen molar-refractivity contribution in [2.75, 3.05) is 0 Å². The van der Waals surface area contributed by atoms with Gasteiger partial charge in [-0.05, 0) is 30.7 Å². The number of hydrogen-bond acceptors (Lipinski definition) is 3. The van der Waals surface area contributed by atoms with Gasteiger partial charge >= 0.3 is 0 Å². The number of rotatable bonds is 2. The fourth-order valence-electron chi connectivity index (χ4n) is 2.18. The minimum absolute atomic E-state index is 0.224. The van der Waals surface area contributed by atoms with Crippen molar-refractivity contribution in [3.8, 4) is 0 Å². The molecule has 20 heavy (non-hydrogen) atoms. The van der Waals surface area contributed by atoms with Gasteiger partial charge in [0.25, 0.3) is 0 Å². The SMILES string of the molecule is Cc1cccc2cc(S(=O)(=O)c3ccccc3)cnc12. The van der Waals surface area contributed by atoms with Crippen LogP contribution < -0.4 is 0 Å². The second kappa shape index (κ2) is 4.72. The third-order valence-corrected chi connectivity index (χ3v) is 4.99. The van der Waals surface area contributed by atoms with E-state index in [1.807, 2.05) is 25.1 Å². The molecule has 0 amide bonds. The van der Waals surface area contributed by atoms with Gasteiger partial charge < -0.3 is 0 Å². The first-order valence-electron chi connectivity index (χ1n) is 6.24. The van der Waals surface area contributed by atoms with Gasteiger partial charge in [-0.25, -0.2) is 8.42 Å². The van der Waals surface area contributed by atoms with E-state index in [1.165, 1.54) is 6.20 Å². The summed E-state index contributed by atoms with van der Waals surface area (Å²) in [5, 5.41) is 0.835. The smallest absolute Gasteiger partial charge is 0.208 e. The molecule has 1 aromatic heterocycles. The average molecular weight is 283 g/mol. The van der Waals surface area contributed by atoms with Crippen molar-refractivity contribution < 1.29 is 8.42 Å². The van der Waals surface area contributed by atoms with Gasteiger partial charge in [-0.3, -0.25) is 4.98 Å². The number of hydrogen-bond donors (Lipinski definition) is 0. The second-order valence-electron chi connectivity index (χ2n) is 4.63. The molecule has 0 aliphatic rings. The Morgan fingerprint density at radius 3 is 2.40 bits per heavy atom. The fraction of sp³-hybridized carbons (Fsp3) is 0.0625. The van der Waals surface area contributed by atoms with E-state index in [1.54, 1.807) is 36.4 Å². The van der Waals surface area contributed by atoms with Crippen LogP contribution in [0.25, 0.3) is 10.9 Å². The maximum atomic E-state index is 12.5. The Hall–Kier alpha value is -2.20. The van der Waals surface area contributed by atoms with Crippen LogP contribution in [0.5, 0.6) is 0 Å². The van der Waals surface area contributed by atoms with E-state index in [0.717, 1.165) is 16.5 Å². The van der Waals surface area contributed by atoms with E-state index in [4.69, 9.17) is 0 Å². The topological polar surface area (TPSA) is 47.0 Å². The molecule has 0 spiro atoms. The van der Waals surface area contributed by atoms with Crippen LogP contribution in [0.1, 0.15) is 5.56 Å². The number of para-hydroxylation sites is 1. The lowest BCUT2D eigenvalue weighted by Gasteiger charge is -2.06. The highest BCUT2D eigenvalue weighted by Crippen LogP contribution is 2.24. The number of aromatic nitrogens is 1. The Morgan fingerprint density at radius 1 is 0.900 bits per heavy atom. The first-order chi connectivity index (χ1) is 9.59. The summed E-state index contributed by atoms with van der Waals surface area (Å²) in [6.45, 7) is 1.96. The summed E-state index contributed by atoms with van der Waals surface area (Å²) in [4.78, 5) is 4.80. The summed E-state index contributed by atoms with van der Waals surface area (Å²) in [6, 6.07) is 15.8. The van der Waals surface area contributed by atoms with Gasteiger partial charge in [-0.2, -0.15) is 0 Å². The molecule has 0 aliphatic heterocycles. The lowest BCUT2D eigenvalue weighted by molar-refractivity contribution is 0.596. The van der Waals surface area contributed by atoms with Crippen molar-refractivity contribution in [1.29, 1.82) is 0 Å². The third kappa shape index (κ3) is 2.08. The molecule has 2 aromatic carbocycles. The van der Waals surface area contributed by atoms with Crippen LogP contribution in [0.15, 0.2) is 70.6 Å². The van der Waals surface area contributed by atoms with Crippen LogP contribution in [-0.4, -0.2) is 13.4 Å². The van der Waals surface area contributed by atoms with Crippen molar-refractivity contribution in [2.24, 2.45) is 0 Å². The molecular weight excluding hydrogens is 270 g/mol. The Kier molecular flexibility index (Phi) is 3.03. The first kappa shape index (κ1) is 12.8. The first-order valence-corrected chi connectivity index (χ1v) is 7.73. The van der Waals surface area contributed by atoms with E-state index in [-0.39, 0.29) is 9.79 Å².